The second kappa shape index (κ2) is 5.73. The molecule has 0 aliphatic heterocycles. The van der Waals surface area contributed by atoms with Gasteiger partial charge < -0.3 is 4.98 Å². The number of benzene rings is 1. The van der Waals surface area contributed by atoms with Gasteiger partial charge in [-0.15, -0.1) is 11.3 Å². The second-order valence-electron chi connectivity index (χ2n) is 5.10. The summed E-state index contributed by atoms with van der Waals surface area (Å²) in [6.45, 7) is 4.15. The number of hydrogen-bond acceptors (Lipinski definition) is 3. The van der Waals surface area contributed by atoms with Crippen LogP contribution in [0, 0.1) is 13.8 Å². The zero-order chi connectivity index (χ0) is 15.0. The maximum absolute atomic E-state index is 12.4. The zero-order valence-electron chi connectivity index (χ0n) is 11.9. The molecule has 0 saturated heterocycles. The zero-order valence-corrected chi connectivity index (χ0v) is 14.3. The van der Waals surface area contributed by atoms with Gasteiger partial charge >= 0.3 is 0 Å². The molecule has 0 atom stereocenters. The molecule has 108 valence electrons. The van der Waals surface area contributed by atoms with E-state index in [2.05, 4.69) is 57.9 Å². The van der Waals surface area contributed by atoms with E-state index in [-0.39, 0.29) is 5.56 Å². The van der Waals surface area contributed by atoms with Gasteiger partial charge in [-0.1, -0.05) is 39.7 Å². The molecule has 2 heterocycles. The number of nitrogens with one attached hydrogen (secondary N) is 1. The van der Waals surface area contributed by atoms with E-state index in [1.807, 2.05) is 5.38 Å². The van der Waals surface area contributed by atoms with Crippen LogP contribution in [0.2, 0.25) is 0 Å². The number of fused-ring (bicyclic) bond motifs is 1. The SMILES string of the molecule is Cc1ccc(-c2csc3nc(CCBr)[nH]c(=O)c23)c(C)c1. The van der Waals surface area contributed by atoms with Gasteiger partial charge in [0.15, 0.2) is 0 Å². The number of aromatic nitrogens is 2. The first-order valence-corrected chi connectivity index (χ1v) is 8.74. The van der Waals surface area contributed by atoms with Crippen molar-refractivity contribution in [2.75, 3.05) is 5.33 Å². The lowest BCUT2D eigenvalue weighted by atomic mass is 9.99. The smallest absolute Gasteiger partial charge is 0.260 e. The minimum Gasteiger partial charge on any atom is -0.310 e. The highest BCUT2D eigenvalue weighted by molar-refractivity contribution is 9.09. The minimum atomic E-state index is -0.0489. The summed E-state index contributed by atoms with van der Waals surface area (Å²) in [6, 6.07) is 6.30. The fourth-order valence-electron chi connectivity index (χ4n) is 2.52. The van der Waals surface area contributed by atoms with E-state index in [1.54, 1.807) is 0 Å². The Balaban J connectivity index is 2.23. The summed E-state index contributed by atoms with van der Waals surface area (Å²) in [7, 11) is 0. The van der Waals surface area contributed by atoms with Gasteiger partial charge in [0.2, 0.25) is 0 Å². The fraction of sp³-hybridized carbons (Fsp3) is 0.250. The molecule has 0 bridgehead atoms. The molecular formula is C16H15BrN2OS. The van der Waals surface area contributed by atoms with Crippen LogP contribution in [-0.2, 0) is 6.42 Å². The number of hydrogen-bond donors (Lipinski definition) is 1. The van der Waals surface area contributed by atoms with E-state index in [1.165, 1.54) is 22.5 Å². The largest absolute Gasteiger partial charge is 0.310 e. The van der Waals surface area contributed by atoms with Crippen LogP contribution in [0.1, 0.15) is 17.0 Å². The number of nitrogens with zero attached hydrogens (tertiary/aromatic N) is 1. The number of alkyl halides is 1. The Labute approximate surface area is 135 Å². The van der Waals surface area contributed by atoms with Crippen molar-refractivity contribution < 1.29 is 0 Å². The van der Waals surface area contributed by atoms with E-state index >= 15 is 0 Å². The molecule has 0 radical (unpaired) electrons. The first-order valence-electron chi connectivity index (χ1n) is 6.74. The normalized spacial score (nSPS) is 11.2. The van der Waals surface area contributed by atoms with E-state index in [9.17, 15) is 4.79 Å². The van der Waals surface area contributed by atoms with Gasteiger partial charge in [0.25, 0.3) is 5.56 Å². The Kier molecular flexibility index (Phi) is 3.95. The first kappa shape index (κ1) is 14.5. The Hall–Kier alpha value is -1.46. The van der Waals surface area contributed by atoms with Gasteiger partial charge in [-0.25, -0.2) is 4.98 Å². The molecule has 1 aromatic carbocycles. The predicted octanol–water partition coefficient (Wildman–Crippen LogP) is 4.21. The quantitative estimate of drug-likeness (QED) is 0.709. The van der Waals surface area contributed by atoms with Crippen LogP contribution < -0.4 is 5.56 Å². The van der Waals surface area contributed by atoms with Crippen LogP contribution >= 0.6 is 27.3 Å². The Morgan fingerprint density at radius 3 is 2.81 bits per heavy atom. The number of rotatable bonds is 3. The van der Waals surface area contributed by atoms with Gasteiger partial charge in [-0.2, -0.15) is 0 Å². The molecule has 21 heavy (non-hydrogen) atoms. The number of thiophene rings is 1. The Bertz CT molecular complexity index is 866. The highest BCUT2D eigenvalue weighted by Crippen LogP contribution is 2.33. The van der Waals surface area contributed by atoms with Crippen molar-refractivity contribution in [1.82, 2.24) is 9.97 Å². The van der Waals surface area contributed by atoms with Crippen LogP contribution in [0.4, 0.5) is 0 Å². The molecule has 5 heteroatoms. The number of aromatic amines is 1. The Morgan fingerprint density at radius 2 is 2.10 bits per heavy atom. The third-order valence-corrected chi connectivity index (χ3v) is 4.77. The number of aryl methyl sites for hydroxylation is 3. The first-order chi connectivity index (χ1) is 10.1. The molecule has 3 aromatic rings. The van der Waals surface area contributed by atoms with Gasteiger partial charge in [0.05, 0.1) is 5.39 Å². The molecule has 1 N–H and O–H groups in total. The molecule has 3 nitrogen and oxygen atoms in total. The maximum atomic E-state index is 12.4. The standard InChI is InChI=1S/C16H15BrN2OS/c1-9-3-4-11(10(2)7-9)12-8-21-16-14(12)15(20)18-13(19-16)5-6-17/h3-4,7-8H,5-6H2,1-2H3,(H,18,19,20). The summed E-state index contributed by atoms with van der Waals surface area (Å²) in [5.41, 5.74) is 4.44. The molecule has 0 saturated carbocycles. The van der Waals surface area contributed by atoms with Gasteiger partial charge in [-0.3, -0.25) is 4.79 Å². The lowest BCUT2D eigenvalue weighted by Crippen LogP contribution is -2.11. The Morgan fingerprint density at radius 1 is 1.29 bits per heavy atom. The predicted molar refractivity (Wildman–Crippen MR) is 92.6 cm³/mol. The summed E-state index contributed by atoms with van der Waals surface area (Å²) in [5, 5.41) is 3.52. The van der Waals surface area contributed by atoms with Gasteiger partial charge in [0, 0.05) is 22.7 Å². The summed E-state index contributed by atoms with van der Waals surface area (Å²) in [5.74, 6) is 0.735. The molecule has 0 aliphatic rings. The molecule has 0 unspecified atom stereocenters. The van der Waals surface area contributed by atoms with Crippen LogP contribution in [0.5, 0.6) is 0 Å². The fourth-order valence-corrected chi connectivity index (χ4v) is 3.85. The molecule has 0 aliphatic carbocycles. The van der Waals surface area contributed by atoms with E-state index in [0.29, 0.717) is 5.39 Å². The van der Waals surface area contributed by atoms with Crippen molar-refractivity contribution in [3.63, 3.8) is 0 Å². The van der Waals surface area contributed by atoms with Gasteiger partial charge in [-0.05, 0) is 25.0 Å². The molecule has 0 spiro atoms. The minimum absolute atomic E-state index is 0.0489. The maximum Gasteiger partial charge on any atom is 0.260 e. The monoisotopic (exact) mass is 362 g/mol. The molecule has 0 amide bonds. The van der Waals surface area contributed by atoms with Crippen molar-refractivity contribution in [2.24, 2.45) is 0 Å². The molecule has 0 fully saturated rings. The van der Waals surface area contributed by atoms with Crippen LogP contribution in [0.25, 0.3) is 21.3 Å². The lowest BCUT2D eigenvalue weighted by molar-refractivity contribution is 0.960. The van der Waals surface area contributed by atoms with E-state index in [4.69, 9.17) is 0 Å². The third-order valence-electron chi connectivity index (χ3n) is 3.50. The van der Waals surface area contributed by atoms with E-state index in [0.717, 1.165) is 33.5 Å². The average molecular weight is 363 g/mol. The van der Waals surface area contributed by atoms with Crippen molar-refractivity contribution in [3.8, 4) is 11.1 Å². The van der Waals surface area contributed by atoms with Crippen molar-refractivity contribution in [2.45, 2.75) is 20.3 Å². The van der Waals surface area contributed by atoms with Gasteiger partial charge in [0.1, 0.15) is 10.7 Å². The average Bonchev–Trinajstić information content (AvgIpc) is 2.83. The molecular weight excluding hydrogens is 348 g/mol. The third kappa shape index (κ3) is 2.68. The summed E-state index contributed by atoms with van der Waals surface area (Å²) >= 11 is 4.90. The van der Waals surface area contributed by atoms with Crippen molar-refractivity contribution in [1.29, 1.82) is 0 Å². The highest BCUT2D eigenvalue weighted by Gasteiger charge is 2.14. The highest BCUT2D eigenvalue weighted by atomic mass is 79.9. The van der Waals surface area contributed by atoms with E-state index < -0.39 is 0 Å². The summed E-state index contributed by atoms with van der Waals surface area (Å²) in [6.07, 6.45) is 0.724. The van der Waals surface area contributed by atoms with Crippen LogP contribution in [0.15, 0.2) is 28.4 Å². The van der Waals surface area contributed by atoms with Crippen LogP contribution in [0.3, 0.4) is 0 Å². The number of H-pyrrole nitrogens is 1. The molecule has 3 rings (SSSR count). The second-order valence-corrected chi connectivity index (χ2v) is 6.75. The van der Waals surface area contributed by atoms with Crippen molar-refractivity contribution in [3.05, 3.63) is 50.9 Å². The summed E-state index contributed by atoms with van der Waals surface area (Å²) < 4.78 is 0. The van der Waals surface area contributed by atoms with Crippen molar-refractivity contribution >= 4 is 37.5 Å². The van der Waals surface area contributed by atoms with Crippen LogP contribution in [-0.4, -0.2) is 15.3 Å². The summed E-state index contributed by atoms with van der Waals surface area (Å²) in [4.78, 5) is 20.7. The molecule has 2 aromatic heterocycles. The lowest BCUT2D eigenvalue weighted by Gasteiger charge is -2.06. The topological polar surface area (TPSA) is 45.8 Å². The number of halogens is 1.